The average molecular weight is 243 g/mol. The Balaban J connectivity index is 2.96. The second-order valence-electron chi connectivity index (χ2n) is 3.14. The van der Waals surface area contributed by atoms with Gasteiger partial charge in [0, 0.05) is 12.5 Å². The molecule has 17 heavy (non-hydrogen) atoms. The summed E-state index contributed by atoms with van der Waals surface area (Å²) in [7, 11) is 0. The molecule has 0 spiro atoms. The first-order valence-electron chi connectivity index (χ1n) is 4.76. The molecule has 7 heteroatoms. The molecule has 0 saturated carbocycles. The molecule has 1 aromatic rings. The van der Waals surface area contributed by atoms with Crippen molar-refractivity contribution >= 4 is 11.7 Å². The van der Waals surface area contributed by atoms with Gasteiger partial charge in [-0.2, -0.15) is 0 Å². The molecule has 0 bridgehead atoms. The maximum absolute atomic E-state index is 11.8. The van der Waals surface area contributed by atoms with Crippen LogP contribution >= 0.6 is 0 Å². The summed E-state index contributed by atoms with van der Waals surface area (Å²) in [5.41, 5.74) is -0.640. The van der Waals surface area contributed by atoms with Gasteiger partial charge in [-0.1, -0.05) is 0 Å². The van der Waals surface area contributed by atoms with E-state index in [1.54, 1.807) is 0 Å². The molecule has 0 aromatic heterocycles. The highest BCUT2D eigenvalue weighted by atomic mass is 19.1. The molecule has 0 aliphatic rings. The molecule has 1 rings (SSSR count). The number of aromatic carboxylic acids is 1. The van der Waals surface area contributed by atoms with Crippen LogP contribution in [0, 0.1) is 10.1 Å². The molecule has 0 heterocycles. The van der Waals surface area contributed by atoms with Crippen molar-refractivity contribution in [3.8, 4) is 5.75 Å². The van der Waals surface area contributed by atoms with Crippen LogP contribution in [0.25, 0.3) is 0 Å². The second kappa shape index (κ2) is 5.78. The zero-order valence-electron chi connectivity index (χ0n) is 8.76. The molecule has 0 unspecified atom stereocenters. The summed E-state index contributed by atoms with van der Waals surface area (Å²) >= 11 is 0. The molecule has 0 atom stereocenters. The number of rotatable bonds is 6. The van der Waals surface area contributed by atoms with Crippen LogP contribution in [-0.2, 0) is 0 Å². The molecule has 0 radical (unpaired) electrons. The predicted octanol–water partition coefficient (Wildman–Crippen LogP) is 2.03. The summed E-state index contributed by atoms with van der Waals surface area (Å²) in [5.74, 6) is -1.32. The summed E-state index contributed by atoms with van der Waals surface area (Å²) in [6.45, 7) is -0.579. The smallest absolute Gasteiger partial charge is 0.335 e. The SMILES string of the molecule is O=C(O)c1ccc(OCCCF)c([N+](=O)[O-])c1. The van der Waals surface area contributed by atoms with E-state index in [4.69, 9.17) is 9.84 Å². The van der Waals surface area contributed by atoms with Gasteiger partial charge in [-0.3, -0.25) is 14.5 Å². The standard InChI is InChI=1S/C10H10FNO5/c11-4-1-5-17-9-3-2-7(10(13)14)6-8(9)12(15)16/h2-3,6H,1,4-5H2,(H,13,14). The third-order valence-electron chi connectivity index (χ3n) is 1.94. The van der Waals surface area contributed by atoms with Crippen LogP contribution in [0.3, 0.4) is 0 Å². The van der Waals surface area contributed by atoms with E-state index in [2.05, 4.69) is 0 Å². The summed E-state index contributed by atoms with van der Waals surface area (Å²) in [4.78, 5) is 20.6. The third-order valence-corrected chi connectivity index (χ3v) is 1.94. The summed E-state index contributed by atoms with van der Waals surface area (Å²) in [6.07, 6.45) is 0.123. The number of carboxylic acids is 1. The van der Waals surface area contributed by atoms with Gasteiger partial charge in [0.2, 0.25) is 0 Å². The molecule has 1 aromatic carbocycles. The number of benzene rings is 1. The van der Waals surface area contributed by atoms with Crippen LogP contribution in [-0.4, -0.2) is 29.3 Å². The highest BCUT2D eigenvalue weighted by Gasteiger charge is 2.18. The highest BCUT2D eigenvalue weighted by molar-refractivity contribution is 5.88. The lowest BCUT2D eigenvalue weighted by atomic mass is 10.2. The summed E-state index contributed by atoms with van der Waals surface area (Å²) < 4.78 is 16.8. The lowest BCUT2D eigenvalue weighted by Gasteiger charge is -2.05. The Bertz CT molecular complexity index is 435. The van der Waals surface area contributed by atoms with E-state index in [1.807, 2.05) is 0 Å². The molecular formula is C10H10FNO5. The molecule has 0 aliphatic heterocycles. The second-order valence-corrected chi connectivity index (χ2v) is 3.14. The Morgan fingerprint density at radius 2 is 2.24 bits per heavy atom. The van der Waals surface area contributed by atoms with Crippen molar-refractivity contribution in [1.82, 2.24) is 0 Å². The van der Waals surface area contributed by atoms with E-state index in [-0.39, 0.29) is 24.3 Å². The Kier molecular flexibility index (Phi) is 4.38. The van der Waals surface area contributed by atoms with E-state index in [0.717, 1.165) is 6.07 Å². The minimum absolute atomic E-state index is 0.00373. The Hall–Kier alpha value is -2.18. The number of hydrogen-bond acceptors (Lipinski definition) is 4. The van der Waals surface area contributed by atoms with Crippen LogP contribution in [0.4, 0.5) is 10.1 Å². The quantitative estimate of drug-likeness (QED) is 0.469. The van der Waals surface area contributed by atoms with Crippen molar-refractivity contribution < 1.29 is 24.0 Å². The maximum atomic E-state index is 11.8. The van der Waals surface area contributed by atoms with Crippen molar-refractivity contribution in [3.05, 3.63) is 33.9 Å². The van der Waals surface area contributed by atoms with Crippen LogP contribution in [0.2, 0.25) is 0 Å². The van der Waals surface area contributed by atoms with Gasteiger partial charge in [0.15, 0.2) is 5.75 Å². The molecule has 0 saturated heterocycles. The van der Waals surface area contributed by atoms with Crippen LogP contribution < -0.4 is 4.74 Å². The first-order valence-corrected chi connectivity index (χ1v) is 4.76. The van der Waals surface area contributed by atoms with Crippen LogP contribution in [0.5, 0.6) is 5.75 Å². The topological polar surface area (TPSA) is 89.7 Å². The Labute approximate surface area is 95.8 Å². The van der Waals surface area contributed by atoms with Gasteiger partial charge in [0.25, 0.3) is 0 Å². The first kappa shape index (κ1) is 12.9. The molecule has 1 N–H and O–H groups in total. The zero-order valence-corrected chi connectivity index (χ0v) is 8.76. The van der Waals surface area contributed by atoms with Gasteiger partial charge in [-0.25, -0.2) is 4.79 Å². The number of alkyl halides is 1. The molecular weight excluding hydrogens is 233 g/mol. The normalized spacial score (nSPS) is 9.94. The molecule has 6 nitrogen and oxygen atoms in total. The third kappa shape index (κ3) is 3.40. The number of carboxylic acid groups (broad SMARTS) is 1. The fourth-order valence-corrected chi connectivity index (χ4v) is 1.15. The van der Waals surface area contributed by atoms with E-state index in [1.165, 1.54) is 12.1 Å². The van der Waals surface area contributed by atoms with Gasteiger partial charge >= 0.3 is 11.7 Å². The number of nitro benzene ring substituents is 1. The van der Waals surface area contributed by atoms with Gasteiger partial charge < -0.3 is 9.84 Å². The van der Waals surface area contributed by atoms with Crippen molar-refractivity contribution in [2.75, 3.05) is 13.3 Å². The monoisotopic (exact) mass is 243 g/mol. The fraction of sp³-hybridized carbons (Fsp3) is 0.300. The van der Waals surface area contributed by atoms with E-state index in [9.17, 15) is 19.3 Å². The van der Waals surface area contributed by atoms with Crippen molar-refractivity contribution in [3.63, 3.8) is 0 Å². The largest absolute Gasteiger partial charge is 0.487 e. The van der Waals surface area contributed by atoms with Crippen molar-refractivity contribution in [2.45, 2.75) is 6.42 Å². The number of nitrogens with zero attached hydrogens (tertiary/aromatic N) is 1. The van der Waals surface area contributed by atoms with E-state index >= 15 is 0 Å². The lowest BCUT2D eigenvalue weighted by Crippen LogP contribution is -2.03. The molecule has 0 fully saturated rings. The van der Waals surface area contributed by atoms with E-state index in [0.29, 0.717) is 0 Å². The predicted molar refractivity (Wildman–Crippen MR) is 56.1 cm³/mol. The van der Waals surface area contributed by atoms with E-state index < -0.39 is 23.3 Å². The van der Waals surface area contributed by atoms with Crippen LogP contribution in [0.1, 0.15) is 16.8 Å². The average Bonchev–Trinajstić information content (AvgIpc) is 2.29. The minimum atomic E-state index is -1.26. The number of halogens is 1. The fourth-order valence-electron chi connectivity index (χ4n) is 1.15. The van der Waals surface area contributed by atoms with Gasteiger partial charge in [-0.05, 0) is 12.1 Å². The lowest BCUT2D eigenvalue weighted by molar-refractivity contribution is -0.385. The summed E-state index contributed by atoms with van der Waals surface area (Å²) in [6, 6.07) is 3.30. The highest BCUT2D eigenvalue weighted by Crippen LogP contribution is 2.28. The molecule has 92 valence electrons. The van der Waals surface area contributed by atoms with Crippen molar-refractivity contribution in [2.24, 2.45) is 0 Å². The van der Waals surface area contributed by atoms with Gasteiger partial charge in [0.1, 0.15) is 0 Å². The maximum Gasteiger partial charge on any atom is 0.335 e. The van der Waals surface area contributed by atoms with Gasteiger partial charge in [0.05, 0.1) is 23.8 Å². The summed E-state index contributed by atoms with van der Waals surface area (Å²) in [5, 5.41) is 19.4. The molecule has 0 amide bonds. The van der Waals surface area contributed by atoms with Gasteiger partial charge in [-0.15, -0.1) is 0 Å². The van der Waals surface area contributed by atoms with Crippen molar-refractivity contribution in [1.29, 1.82) is 0 Å². The Morgan fingerprint density at radius 3 is 2.76 bits per heavy atom. The number of nitro groups is 1. The Morgan fingerprint density at radius 1 is 1.53 bits per heavy atom. The number of hydrogen-bond donors (Lipinski definition) is 1. The number of carbonyl (C=O) groups is 1. The first-order chi connectivity index (χ1) is 8.06. The minimum Gasteiger partial charge on any atom is -0.487 e. The number of ether oxygens (including phenoxy) is 1. The van der Waals surface area contributed by atoms with Crippen LogP contribution in [0.15, 0.2) is 18.2 Å². The molecule has 0 aliphatic carbocycles. The zero-order chi connectivity index (χ0) is 12.8.